The molecule has 0 fully saturated rings. The molecule has 0 aliphatic heterocycles. The van der Waals surface area contributed by atoms with Gasteiger partial charge in [-0.3, -0.25) is 0 Å². The molecule has 108 valence electrons. The second-order valence-corrected chi connectivity index (χ2v) is 6.72. The predicted octanol–water partition coefficient (Wildman–Crippen LogP) is 4.40. The molecule has 1 aromatic rings. The van der Waals surface area contributed by atoms with Crippen molar-refractivity contribution in [3.05, 3.63) is 34.6 Å². The van der Waals surface area contributed by atoms with Crippen LogP contribution in [0.3, 0.4) is 0 Å². The van der Waals surface area contributed by atoms with E-state index in [-0.39, 0.29) is 11.2 Å². The second kappa shape index (κ2) is 6.51. The van der Waals surface area contributed by atoms with Gasteiger partial charge in [0.15, 0.2) is 0 Å². The zero-order chi connectivity index (χ0) is 14.6. The number of benzene rings is 1. The molecule has 1 rings (SSSR count). The zero-order valence-corrected chi connectivity index (χ0v) is 13.2. The fourth-order valence-corrected chi connectivity index (χ4v) is 2.37. The van der Waals surface area contributed by atoms with E-state index in [2.05, 4.69) is 33.0 Å². The highest BCUT2D eigenvalue weighted by molar-refractivity contribution is 5.34. The first-order chi connectivity index (χ1) is 8.71. The fraction of sp³-hybridized carbons (Fsp3) is 0.647. The van der Waals surface area contributed by atoms with Gasteiger partial charge < -0.3 is 5.32 Å². The molecule has 0 aliphatic carbocycles. The van der Waals surface area contributed by atoms with E-state index in [4.69, 9.17) is 0 Å². The number of nitrogens with one attached hydrogen (secondary N) is 1. The highest BCUT2D eigenvalue weighted by Crippen LogP contribution is 2.25. The van der Waals surface area contributed by atoms with E-state index in [1.165, 1.54) is 5.56 Å². The lowest BCUT2D eigenvalue weighted by Gasteiger charge is -2.27. The maximum atomic E-state index is 13.3. The second-order valence-electron chi connectivity index (χ2n) is 6.72. The molecular formula is C17H28FN. The minimum absolute atomic E-state index is 0.125. The standard InChI is InChI=1S/C17H28FN/c1-12(2)19-11-17(5,6)8-7-16-13(3)9-15(18)10-14(16)4/h9-10,12,19H,7-8,11H2,1-6H3. The van der Waals surface area contributed by atoms with Crippen molar-refractivity contribution in [3.63, 3.8) is 0 Å². The first kappa shape index (κ1) is 16.2. The van der Waals surface area contributed by atoms with Gasteiger partial charge in [-0.05, 0) is 60.9 Å². The molecule has 0 aromatic heterocycles. The first-order valence-electron chi connectivity index (χ1n) is 7.20. The summed E-state index contributed by atoms with van der Waals surface area (Å²) in [5.41, 5.74) is 3.71. The number of halogens is 1. The van der Waals surface area contributed by atoms with Crippen molar-refractivity contribution in [2.75, 3.05) is 6.54 Å². The quantitative estimate of drug-likeness (QED) is 0.804. The summed E-state index contributed by atoms with van der Waals surface area (Å²) in [6, 6.07) is 3.80. The molecule has 1 aromatic carbocycles. The van der Waals surface area contributed by atoms with E-state index in [1.807, 2.05) is 13.8 Å². The highest BCUT2D eigenvalue weighted by atomic mass is 19.1. The molecule has 2 heteroatoms. The average molecular weight is 265 g/mol. The molecule has 0 heterocycles. The van der Waals surface area contributed by atoms with E-state index < -0.39 is 0 Å². The molecular weight excluding hydrogens is 237 g/mol. The highest BCUT2D eigenvalue weighted by Gasteiger charge is 2.19. The van der Waals surface area contributed by atoms with E-state index in [1.54, 1.807) is 12.1 Å². The third-order valence-electron chi connectivity index (χ3n) is 3.70. The third-order valence-corrected chi connectivity index (χ3v) is 3.70. The third kappa shape index (κ3) is 5.32. The van der Waals surface area contributed by atoms with E-state index >= 15 is 0 Å². The van der Waals surface area contributed by atoms with Crippen LogP contribution >= 0.6 is 0 Å². The van der Waals surface area contributed by atoms with Gasteiger partial charge in [0, 0.05) is 12.6 Å². The van der Waals surface area contributed by atoms with Gasteiger partial charge in [0.1, 0.15) is 5.82 Å². The van der Waals surface area contributed by atoms with Gasteiger partial charge in [-0.2, -0.15) is 0 Å². The Morgan fingerprint density at radius 3 is 2.16 bits per heavy atom. The van der Waals surface area contributed by atoms with Crippen molar-refractivity contribution in [3.8, 4) is 0 Å². The summed E-state index contributed by atoms with van der Waals surface area (Å²) in [5.74, 6) is -0.125. The molecule has 1 N–H and O–H groups in total. The average Bonchev–Trinajstić information content (AvgIpc) is 2.25. The summed E-state index contributed by atoms with van der Waals surface area (Å²) in [7, 11) is 0. The molecule has 0 unspecified atom stereocenters. The van der Waals surface area contributed by atoms with Crippen molar-refractivity contribution < 1.29 is 4.39 Å². The van der Waals surface area contributed by atoms with E-state index in [0.717, 1.165) is 30.5 Å². The Bertz CT molecular complexity index is 398. The van der Waals surface area contributed by atoms with Crippen LogP contribution in [0.4, 0.5) is 4.39 Å². The molecule has 0 bridgehead atoms. The topological polar surface area (TPSA) is 12.0 Å². The van der Waals surface area contributed by atoms with Gasteiger partial charge in [0.05, 0.1) is 0 Å². The van der Waals surface area contributed by atoms with Gasteiger partial charge in [0.25, 0.3) is 0 Å². The van der Waals surface area contributed by atoms with Crippen LogP contribution in [0.1, 0.15) is 50.8 Å². The lowest BCUT2D eigenvalue weighted by Crippen LogP contribution is -2.34. The maximum absolute atomic E-state index is 13.3. The lowest BCUT2D eigenvalue weighted by atomic mass is 9.84. The molecule has 0 saturated carbocycles. The van der Waals surface area contributed by atoms with Crippen molar-refractivity contribution >= 4 is 0 Å². The predicted molar refractivity (Wildman–Crippen MR) is 81.1 cm³/mol. The Balaban J connectivity index is 2.66. The molecule has 0 spiro atoms. The lowest BCUT2D eigenvalue weighted by molar-refractivity contribution is 0.304. The molecule has 0 amide bonds. The summed E-state index contributed by atoms with van der Waals surface area (Å²) < 4.78 is 13.3. The molecule has 0 atom stereocenters. The minimum atomic E-state index is -0.125. The first-order valence-corrected chi connectivity index (χ1v) is 7.20. The Kier molecular flexibility index (Phi) is 5.54. The summed E-state index contributed by atoms with van der Waals surface area (Å²) in [6.07, 6.45) is 2.13. The largest absolute Gasteiger partial charge is 0.314 e. The molecule has 1 nitrogen and oxygen atoms in total. The summed E-state index contributed by atoms with van der Waals surface area (Å²) in [5, 5.41) is 3.50. The fourth-order valence-electron chi connectivity index (χ4n) is 2.37. The van der Waals surface area contributed by atoms with Gasteiger partial charge in [0.2, 0.25) is 0 Å². The van der Waals surface area contributed by atoms with Crippen molar-refractivity contribution in [2.24, 2.45) is 5.41 Å². The summed E-state index contributed by atoms with van der Waals surface area (Å²) in [4.78, 5) is 0. The van der Waals surface area contributed by atoms with Gasteiger partial charge in [-0.1, -0.05) is 27.7 Å². The number of rotatable bonds is 6. The Hall–Kier alpha value is -0.890. The van der Waals surface area contributed by atoms with Crippen LogP contribution in [0.5, 0.6) is 0 Å². The maximum Gasteiger partial charge on any atom is 0.123 e. The summed E-state index contributed by atoms with van der Waals surface area (Å²) in [6.45, 7) is 13.9. The van der Waals surface area contributed by atoms with Gasteiger partial charge >= 0.3 is 0 Å². The van der Waals surface area contributed by atoms with Gasteiger partial charge in [-0.15, -0.1) is 0 Å². The monoisotopic (exact) mass is 265 g/mol. The smallest absolute Gasteiger partial charge is 0.123 e. The van der Waals surface area contributed by atoms with Crippen LogP contribution in [0.25, 0.3) is 0 Å². The molecule has 0 radical (unpaired) electrons. The van der Waals surface area contributed by atoms with Crippen LogP contribution in [0.15, 0.2) is 12.1 Å². The van der Waals surface area contributed by atoms with Crippen LogP contribution in [-0.2, 0) is 6.42 Å². The Morgan fingerprint density at radius 1 is 1.16 bits per heavy atom. The molecule has 0 saturated heterocycles. The van der Waals surface area contributed by atoms with E-state index in [9.17, 15) is 4.39 Å². The SMILES string of the molecule is Cc1cc(F)cc(C)c1CCC(C)(C)CNC(C)C. The molecule has 19 heavy (non-hydrogen) atoms. The van der Waals surface area contributed by atoms with Crippen LogP contribution in [-0.4, -0.2) is 12.6 Å². The minimum Gasteiger partial charge on any atom is -0.314 e. The Labute approximate surface area is 117 Å². The Morgan fingerprint density at radius 2 is 1.68 bits per heavy atom. The van der Waals surface area contributed by atoms with Crippen LogP contribution < -0.4 is 5.32 Å². The summed E-state index contributed by atoms with van der Waals surface area (Å²) >= 11 is 0. The molecule has 0 aliphatic rings. The number of aryl methyl sites for hydroxylation is 2. The van der Waals surface area contributed by atoms with Crippen molar-refractivity contribution in [1.29, 1.82) is 0 Å². The van der Waals surface area contributed by atoms with Crippen LogP contribution in [0, 0.1) is 25.1 Å². The normalized spacial score (nSPS) is 12.2. The number of hydrogen-bond acceptors (Lipinski definition) is 1. The van der Waals surface area contributed by atoms with Crippen molar-refractivity contribution in [2.45, 2.75) is 60.4 Å². The van der Waals surface area contributed by atoms with Crippen LogP contribution in [0.2, 0.25) is 0 Å². The van der Waals surface area contributed by atoms with Crippen molar-refractivity contribution in [1.82, 2.24) is 5.32 Å². The van der Waals surface area contributed by atoms with E-state index in [0.29, 0.717) is 6.04 Å². The van der Waals surface area contributed by atoms with Gasteiger partial charge in [-0.25, -0.2) is 4.39 Å². The zero-order valence-electron chi connectivity index (χ0n) is 13.2. The number of hydrogen-bond donors (Lipinski definition) is 1.